The van der Waals surface area contributed by atoms with E-state index >= 15 is 0 Å². The Morgan fingerprint density at radius 1 is 0.889 bits per heavy atom. The standard InChI is InChI=1S/C26H34NO9/c27-19-14-33-21(15-32-12-17-7-3-1-4-8-17)24(23(19)35-13-18-9-5-2-6-10-18)36-26(31)22(29)16-34-20(11-28)25(26)30/h1-10,19-22,24-25,28-31H,11-16,27H2/t19-,20-,21-,22+,24-,25+,26-/m1/s1. The van der Waals surface area contributed by atoms with Crippen LogP contribution in [0.3, 0.4) is 0 Å². The van der Waals surface area contributed by atoms with E-state index in [1.54, 1.807) is 0 Å². The van der Waals surface area contributed by atoms with Crippen LogP contribution in [-0.4, -0.2) is 89.2 Å². The second-order valence-electron chi connectivity index (χ2n) is 8.96. The van der Waals surface area contributed by atoms with E-state index in [1.807, 2.05) is 60.7 Å². The lowest BCUT2D eigenvalue weighted by molar-refractivity contribution is -0.375. The van der Waals surface area contributed by atoms with Crippen LogP contribution < -0.4 is 5.73 Å². The van der Waals surface area contributed by atoms with Crippen LogP contribution in [-0.2, 0) is 36.9 Å². The summed E-state index contributed by atoms with van der Waals surface area (Å²) >= 11 is 0. The predicted octanol–water partition coefficient (Wildman–Crippen LogP) is -0.135. The Labute approximate surface area is 210 Å². The monoisotopic (exact) mass is 504 g/mol. The highest BCUT2D eigenvalue weighted by atomic mass is 16.7. The zero-order chi connectivity index (χ0) is 25.5. The molecule has 2 aliphatic heterocycles. The summed E-state index contributed by atoms with van der Waals surface area (Å²) in [5.74, 6) is -2.48. The lowest BCUT2D eigenvalue weighted by Gasteiger charge is -2.48. The molecule has 1 radical (unpaired) electrons. The van der Waals surface area contributed by atoms with Crippen LogP contribution in [0, 0.1) is 6.10 Å². The molecule has 2 aromatic rings. The number of rotatable bonds is 10. The van der Waals surface area contributed by atoms with E-state index < -0.39 is 49.0 Å². The lowest BCUT2D eigenvalue weighted by atomic mass is 9.93. The average molecular weight is 505 g/mol. The van der Waals surface area contributed by atoms with Gasteiger partial charge in [0.25, 0.3) is 0 Å². The van der Waals surface area contributed by atoms with Crippen LogP contribution in [0.4, 0.5) is 0 Å². The fraction of sp³-hybridized carbons (Fsp3) is 0.500. The number of hydrogen-bond donors (Lipinski definition) is 5. The highest BCUT2D eigenvalue weighted by Gasteiger charge is 2.56. The molecule has 6 N–H and O–H groups in total. The summed E-state index contributed by atoms with van der Waals surface area (Å²) in [7, 11) is 0. The van der Waals surface area contributed by atoms with Crippen molar-refractivity contribution >= 4 is 0 Å². The summed E-state index contributed by atoms with van der Waals surface area (Å²) in [6, 6.07) is 18.3. The minimum Gasteiger partial charge on any atom is -0.394 e. The zero-order valence-electron chi connectivity index (χ0n) is 19.9. The minimum absolute atomic E-state index is 0.0622. The van der Waals surface area contributed by atoms with E-state index in [0.29, 0.717) is 12.7 Å². The largest absolute Gasteiger partial charge is 0.394 e. The summed E-state index contributed by atoms with van der Waals surface area (Å²) in [5.41, 5.74) is 8.16. The van der Waals surface area contributed by atoms with Gasteiger partial charge in [-0.05, 0) is 11.1 Å². The molecule has 0 aromatic heterocycles. The van der Waals surface area contributed by atoms with Gasteiger partial charge in [-0.3, -0.25) is 0 Å². The molecule has 0 unspecified atom stereocenters. The van der Waals surface area contributed by atoms with Gasteiger partial charge in [0, 0.05) is 0 Å². The number of aliphatic hydroxyl groups excluding tert-OH is 3. The average Bonchev–Trinajstić information content (AvgIpc) is 2.90. The van der Waals surface area contributed by atoms with E-state index in [-0.39, 0.29) is 26.4 Å². The molecule has 36 heavy (non-hydrogen) atoms. The molecule has 7 atom stereocenters. The second kappa shape index (κ2) is 12.5. The third-order valence-electron chi connectivity index (χ3n) is 6.33. The van der Waals surface area contributed by atoms with Crippen LogP contribution >= 0.6 is 0 Å². The quantitative estimate of drug-likeness (QED) is 0.277. The van der Waals surface area contributed by atoms with Crippen molar-refractivity contribution in [2.24, 2.45) is 5.73 Å². The van der Waals surface area contributed by atoms with Gasteiger partial charge in [0.1, 0.15) is 36.6 Å². The number of aliphatic hydroxyl groups is 4. The molecule has 2 heterocycles. The van der Waals surface area contributed by atoms with Crippen molar-refractivity contribution in [1.82, 2.24) is 0 Å². The SMILES string of the molecule is N[C@@H]1CO[C@H](COCc2ccccc2)[C@@H](O[C@]2(O)[C@@H](O)CO[C@H](CO)[C@@H]2O)[C]1OCc1ccccc1. The van der Waals surface area contributed by atoms with E-state index in [1.165, 1.54) is 0 Å². The third kappa shape index (κ3) is 6.29. The predicted molar refractivity (Wildman–Crippen MR) is 127 cm³/mol. The zero-order valence-corrected chi connectivity index (χ0v) is 19.9. The maximum absolute atomic E-state index is 11.3. The van der Waals surface area contributed by atoms with Crippen molar-refractivity contribution in [2.75, 3.05) is 26.4 Å². The van der Waals surface area contributed by atoms with Crippen molar-refractivity contribution in [3.8, 4) is 0 Å². The first-order valence-corrected chi connectivity index (χ1v) is 11.9. The molecule has 4 rings (SSSR count). The molecule has 0 saturated carbocycles. The van der Waals surface area contributed by atoms with Crippen LogP contribution in [0.1, 0.15) is 11.1 Å². The van der Waals surface area contributed by atoms with E-state index in [2.05, 4.69) is 0 Å². The molecular formula is C26H34NO9. The Kier molecular flexibility index (Phi) is 9.42. The third-order valence-corrected chi connectivity index (χ3v) is 6.33. The molecule has 0 amide bonds. The smallest absolute Gasteiger partial charge is 0.224 e. The van der Waals surface area contributed by atoms with Gasteiger partial charge in [-0.1, -0.05) is 60.7 Å². The van der Waals surface area contributed by atoms with Crippen molar-refractivity contribution in [2.45, 2.75) is 55.6 Å². The van der Waals surface area contributed by atoms with E-state index in [0.717, 1.165) is 11.1 Å². The molecule has 10 heteroatoms. The van der Waals surface area contributed by atoms with E-state index in [9.17, 15) is 20.4 Å². The van der Waals surface area contributed by atoms with Gasteiger partial charge in [-0.25, -0.2) is 0 Å². The Bertz CT molecular complexity index is 920. The van der Waals surface area contributed by atoms with Crippen LogP contribution in [0.5, 0.6) is 0 Å². The van der Waals surface area contributed by atoms with Gasteiger partial charge in [0.05, 0.1) is 45.7 Å². The fourth-order valence-electron chi connectivity index (χ4n) is 4.25. The molecule has 10 nitrogen and oxygen atoms in total. The highest BCUT2D eigenvalue weighted by Crippen LogP contribution is 2.35. The number of benzene rings is 2. The van der Waals surface area contributed by atoms with Gasteiger partial charge in [-0.2, -0.15) is 0 Å². The maximum atomic E-state index is 11.3. The second-order valence-corrected chi connectivity index (χ2v) is 8.96. The minimum atomic E-state index is -2.48. The molecule has 2 fully saturated rings. The van der Waals surface area contributed by atoms with Crippen molar-refractivity contribution in [3.05, 3.63) is 77.9 Å². The Hall–Kier alpha value is -1.96. The van der Waals surface area contributed by atoms with Gasteiger partial charge in [0.15, 0.2) is 0 Å². The summed E-state index contributed by atoms with van der Waals surface area (Å²) in [5, 5.41) is 42.0. The van der Waals surface area contributed by atoms with Crippen molar-refractivity contribution < 1.29 is 44.1 Å². The number of hydrogen-bond acceptors (Lipinski definition) is 10. The molecule has 2 aliphatic rings. The Morgan fingerprint density at radius 2 is 1.50 bits per heavy atom. The highest BCUT2D eigenvalue weighted by molar-refractivity contribution is 5.15. The van der Waals surface area contributed by atoms with Crippen molar-refractivity contribution in [3.63, 3.8) is 0 Å². The normalized spacial score (nSPS) is 33.5. The summed E-state index contributed by atoms with van der Waals surface area (Å²) in [4.78, 5) is 0. The first kappa shape index (κ1) is 27.1. The Morgan fingerprint density at radius 3 is 2.14 bits per heavy atom. The molecule has 0 spiro atoms. The number of nitrogens with two attached hydrogens (primary N) is 1. The first-order valence-electron chi connectivity index (χ1n) is 11.9. The van der Waals surface area contributed by atoms with E-state index in [4.69, 9.17) is 29.4 Å². The lowest BCUT2D eigenvalue weighted by Crippen LogP contribution is -2.68. The molecule has 0 bridgehead atoms. The van der Waals surface area contributed by atoms with Crippen LogP contribution in [0.15, 0.2) is 60.7 Å². The van der Waals surface area contributed by atoms with Gasteiger partial charge >= 0.3 is 0 Å². The van der Waals surface area contributed by atoms with Gasteiger partial charge < -0.3 is 49.8 Å². The van der Waals surface area contributed by atoms with Crippen LogP contribution in [0.2, 0.25) is 0 Å². The molecule has 197 valence electrons. The summed E-state index contributed by atoms with van der Waals surface area (Å²) < 4.78 is 29.0. The summed E-state index contributed by atoms with van der Waals surface area (Å²) in [6.07, 6.45) is -6.07. The molecular weight excluding hydrogens is 470 g/mol. The fourth-order valence-corrected chi connectivity index (χ4v) is 4.25. The van der Waals surface area contributed by atoms with Crippen molar-refractivity contribution in [1.29, 1.82) is 0 Å². The van der Waals surface area contributed by atoms with Gasteiger partial charge in [0.2, 0.25) is 5.79 Å². The molecule has 2 saturated heterocycles. The molecule has 0 aliphatic carbocycles. The van der Waals surface area contributed by atoms with Crippen LogP contribution in [0.25, 0.3) is 0 Å². The maximum Gasteiger partial charge on any atom is 0.224 e. The number of ether oxygens (including phenoxy) is 5. The van der Waals surface area contributed by atoms with Gasteiger partial charge in [-0.15, -0.1) is 0 Å². The topological polar surface area (TPSA) is 153 Å². The summed E-state index contributed by atoms with van der Waals surface area (Å²) in [6.45, 7) is -0.247. The Balaban J connectivity index is 1.53. The molecule has 2 aromatic carbocycles. The first-order chi connectivity index (χ1) is 17.4.